The topological polar surface area (TPSA) is 29.3 Å². The Morgan fingerprint density at radius 1 is 0.667 bits per heavy atom. The lowest BCUT2D eigenvalue weighted by Crippen LogP contribution is -2.27. The molecule has 0 saturated carbocycles. The monoisotopic (exact) mass is 561 g/mol. The predicted molar refractivity (Wildman–Crippen MR) is 178 cm³/mol. The first-order chi connectivity index (χ1) is 20.6. The molecular weight excluding hydrogens is 531 g/mol. The van der Waals surface area contributed by atoms with Crippen molar-refractivity contribution in [3.05, 3.63) is 156 Å². The Morgan fingerprint density at radius 2 is 1.33 bits per heavy atom. The molecule has 0 radical (unpaired) electrons. The molecule has 6 aromatic rings. The van der Waals surface area contributed by atoms with E-state index >= 15 is 0 Å². The molecule has 4 heteroatoms. The average Bonchev–Trinajstić information content (AvgIpc) is 3.52. The molecule has 0 aliphatic carbocycles. The molecule has 1 atom stereocenters. The van der Waals surface area contributed by atoms with Crippen LogP contribution in [0.2, 0.25) is 0 Å². The van der Waals surface area contributed by atoms with E-state index in [-0.39, 0.29) is 6.04 Å². The molecule has 3 heterocycles. The van der Waals surface area contributed by atoms with Crippen molar-refractivity contribution in [2.75, 3.05) is 12.5 Å². The second-order valence-electron chi connectivity index (χ2n) is 11.3. The highest BCUT2D eigenvalue weighted by molar-refractivity contribution is 8.33. The van der Waals surface area contributed by atoms with Crippen LogP contribution >= 0.6 is 10.0 Å². The second-order valence-corrected chi connectivity index (χ2v) is 14.8. The molecule has 3 nitrogen and oxygen atoms in total. The molecular formula is C38H31N3S. The van der Waals surface area contributed by atoms with Crippen LogP contribution in [0.5, 0.6) is 0 Å². The van der Waals surface area contributed by atoms with Gasteiger partial charge < -0.3 is 9.88 Å². The predicted octanol–water partition coefficient (Wildman–Crippen LogP) is 9.23. The van der Waals surface area contributed by atoms with Crippen molar-refractivity contribution in [3.63, 3.8) is 0 Å². The number of nitrogens with one attached hydrogen (secondary N) is 1. The van der Waals surface area contributed by atoms with Crippen molar-refractivity contribution < 1.29 is 0 Å². The summed E-state index contributed by atoms with van der Waals surface area (Å²) in [6, 6.07) is 47.7. The smallest absolute Gasteiger partial charge is 0.133 e. The van der Waals surface area contributed by atoms with Crippen LogP contribution in [0, 0.1) is 0 Å². The first-order valence-electron chi connectivity index (χ1n) is 14.3. The van der Waals surface area contributed by atoms with Gasteiger partial charge in [-0.05, 0) is 66.1 Å². The normalized spacial score (nSPS) is 17.5. The van der Waals surface area contributed by atoms with E-state index in [2.05, 4.69) is 162 Å². The lowest BCUT2D eigenvalue weighted by Gasteiger charge is -2.27. The molecule has 204 valence electrons. The minimum atomic E-state index is -1.13. The summed E-state index contributed by atoms with van der Waals surface area (Å²) in [6.45, 7) is 0. The Kier molecular flexibility index (Phi) is 5.73. The molecule has 1 aromatic heterocycles. The van der Waals surface area contributed by atoms with E-state index < -0.39 is 10.0 Å². The first kappa shape index (κ1) is 25.0. The van der Waals surface area contributed by atoms with Gasteiger partial charge in [0.25, 0.3) is 0 Å². The lowest BCUT2D eigenvalue weighted by atomic mass is 10.0. The van der Waals surface area contributed by atoms with Crippen LogP contribution in [0.25, 0.3) is 33.5 Å². The van der Waals surface area contributed by atoms with Crippen LogP contribution in [0.4, 0.5) is 0 Å². The highest BCUT2D eigenvalue weighted by Crippen LogP contribution is 2.69. The molecule has 0 fully saturated rings. The van der Waals surface area contributed by atoms with Crippen molar-refractivity contribution >= 4 is 32.5 Å². The summed E-state index contributed by atoms with van der Waals surface area (Å²) < 4.78 is 2.47. The van der Waals surface area contributed by atoms with Gasteiger partial charge in [0.05, 0.1) is 17.3 Å². The van der Waals surface area contributed by atoms with Gasteiger partial charge >= 0.3 is 0 Å². The van der Waals surface area contributed by atoms with E-state index in [9.17, 15) is 0 Å². The summed E-state index contributed by atoms with van der Waals surface area (Å²) in [4.78, 5) is 8.13. The second kappa shape index (κ2) is 9.64. The van der Waals surface area contributed by atoms with Crippen LogP contribution in [0.3, 0.4) is 0 Å². The van der Waals surface area contributed by atoms with Gasteiger partial charge in [0.1, 0.15) is 5.84 Å². The van der Waals surface area contributed by atoms with E-state index in [0.717, 1.165) is 28.3 Å². The largest absolute Gasteiger partial charge is 0.340 e. The fraction of sp³-hybridized carbons (Fsp3) is 0.0789. The zero-order valence-electron chi connectivity index (χ0n) is 23.7. The highest BCUT2D eigenvalue weighted by atomic mass is 32.3. The van der Waals surface area contributed by atoms with Crippen LogP contribution < -0.4 is 5.32 Å². The van der Waals surface area contributed by atoms with Crippen molar-refractivity contribution in [1.82, 2.24) is 9.88 Å². The number of amidine groups is 1. The number of aromatic nitrogens is 1. The quantitative estimate of drug-likeness (QED) is 0.228. The Labute approximate surface area is 248 Å². The zero-order chi connectivity index (χ0) is 28.3. The first-order valence-corrected chi connectivity index (χ1v) is 16.8. The molecule has 0 spiro atoms. The van der Waals surface area contributed by atoms with Crippen LogP contribution in [0.1, 0.15) is 22.7 Å². The van der Waals surface area contributed by atoms with Gasteiger partial charge in [0.2, 0.25) is 0 Å². The van der Waals surface area contributed by atoms with Gasteiger partial charge in [-0.15, -0.1) is 0 Å². The number of para-hydroxylation sites is 1. The number of benzene rings is 5. The minimum absolute atomic E-state index is 0.0595. The van der Waals surface area contributed by atoms with Crippen molar-refractivity contribution in [2.45, 2.75) is 15.8 Å². The van der Waals surface area contributed by atoms with E-state index in [1.165, 1.54) is 37.5 Å². The third-order valence-electron chi connectivity index (χ3n) is 8.50. The van der Waals surface area contributed by atoms with Gasteiger partial charge in [0.15, 0.2) is 0 Å². The maximum absolute atomic E-state index is 5.17. The Morgan fingerprint density at radius 3 is 2.12 bits per heavy atom. The van der Waals surface area contributed by atoms with E-state index in [1.807, 2.05) is 0 Å². The molecule has 1 unspecified atom stereocenters. The average molecular weight is 562 g/mol. The summed E-state index contributed by atoms with van der Waals surface area (Å²) in [6.07, 6.45) is 7.09. The number of nitrogens with zero attached hydrogens (tertiary/aromatic N) is 2. The molecule has 2 aliphatic rings. The molecule has 2 aliphatic heterocycles. The third kappa shape index (κ3) is 3.87. The van der Waals surface area contributed by atoms with E-state index in [4.69, 9.17) is 4.99 Å². The zero-order valence-corrected chi connectivity index (χ0v) is 24.5. The maximum atomic E-state index is 5.17. The van der Waals surface area contributed by atoms with Crippen molar-refractivity contribution in [1.29, 1.82) is 0 Å². The van der Waals surface area contributed by atoms with Gasteiger partial charge in [-0.25, -0.2) is 0 Å². The van der Waals surface area contributed by atoms with Gasteiger partial charge in [-0.3, -0.25) is 4.99 Å². The minimum Gasteiger partial charge on any atom is -0.340 e. The Hall–Kier alpha value is -4.80. The standard InChI is InChI=1S/C38H31N3S/c1-42(2)35-20-12-10-18-31(35)36-37(42)30-17-9-11-19-34(30)41(36)29-23-21-28(22-24-29)38-39-32(26-13-5-3-6-14-26)25-33(40-38)27-15-7-4-8-16-27/h3-25,32H,1-2H3,(H,39,40). The summed E-state index contributed by atoms with van der Waals surface area (Å²) in [5, 5.41) is 5.00. The number of fused-ring (bicyclic) bond motifs is 5. The summed E-state index contributed by atoms with van der Waals surface area (Å²) >= 11 is 0. The molecule has 0 saturated heterocycles. The number of hydrogen-bond acceptors (Lipinski definition) is 2. The van der Waals surface area contributed by atoms with Gasteiger partial charge in [-0.1, -0.05) is 97.1 Å². The molecule has 8 rings (SSSR count). The Balaban J connectivity index is 1.24. The van der Waals surface area contributed by atoms with E-state index in [1.54, 1.807) is 0 Å². The maximum Gasteiger partial charge on any atom is 0.133 e. The fourth-order valence-corrected chi connectivity index (χ4v) is 9.27. The highest BCUT2D eigenvalue weighted by Gasteiger charge is 2.37. The molecule has 5 aromatic carbocycles. The number of aliphatic imine (C=N–C) groups is 1. The summed E-state index contributed by atoms with van der Waals surface area (Å²) in [7, 11) is -1.13. The SMILES string of the molecule is CS1(C)c2ccccc2-c2c1c1ccccc1n2-c1ccc(C2=NC(c3ccccc3)C=C(c3ccccc3)N2)cc1. The Bertz CT molecular complexity index is 2020. The van der Waals surface area contributed by atoms with Crippen LogP contribution in [0.15, 0.2) is 154 Å². The van der Waals surface area contributed by atoms with E-state index in [0.29, 0.717) is 0 Å². The fourth-order valence-electron chi connectivity index (χ4n) is 6.51. The van der Waals surface area contributed by atoms with Gasteiger partial charge in [0, 0.05) is 37.7 Å². The summed E-state index contributed by atoms with van der Waals surface area (Å²) in [5.74, 6) is 0.885. The lowest BCUT2D eigenvalue weighted by molar-refractivity contribution is 0.880. The van der Waals surface area contributed by atoms with Crippen LogP contribution in [-0.2, 0) is 0 Å². The van der Waals surface area contributed by atoms with Gasteiger partial charge in [-0.2, -0.15) is 10.0 Å². The summed E-state index contributed by atoms with van der Waals surface area (Å²) in [5.41, 5.74) is 9.60. The number of hydrogen-bond donors (Lipinski definition) is 1. The van der Waals surface area contributed by atoms with Crippen LogP contribution in [-0.4, -0.2) is 22.9 Å². The molecule has 0 amide bonds. The van der Waals surface area contributed by atoms with Crippen molar-refractivity contribution in [3.8, 4) is 16.9 Å². The van der Waals surface area contributed by atoms with Crippen molar-refractivity contribution in [2.24, 2.45) is 4.99 Å². The molecule has 1 N–H and O–H groups in total. The molecule has 42 heavy (non-hydrogen) atoms. The number of rotatable bonds is 4. The third-order valence-corrected chi connectivity index (χ3v) is 11.4. The molecule has 0 bridgehead atoms.